The minimum absolute atomic E-state index is 0.0717. The Bertz CT molecular complexity index is 1250. The van der Waals surface area contributed by atoms with Gasteiger partial charge in [-0.2, -0.15) is 0 Å². The summed E-state index contributed by atoms with van der Waals surface area (Å²) in [6.45, 7) is 4.03. The number of rotatable bonds is 9. The van der Waals surface area contributed by atoms with Crippen molar-refractivity contribution in [1.82, 2.24) is 9.80 Å². The number of halogens is 1. The Morgan fingerprint density at radius 2 is 1.47 bits per heavy atom. The highest BCUT2D eigenvalue weighted by Crippen LogP contribution is 2.40. The Morgan fingerprint density at radius 1 is 0.842 bits per heavy atom. The van der Waals surface area contributed by atoms with E-state index in [1.807, 2.05) is 53.4 Å². The fourth-order valence-corrected chi connectivity index (χ4v) is 5.35. The Balaban J connectivity index is 1.37. The summed E-state index contributed by atoms with van der Waals surface area (Å²) in [5.74, 6) is 2.32. The molecule has 0 radical (unpaired) electrons. The number of ether oxygens (including phenoxy) is 4. The fourth-order valence-electron chi connectivity index (χ4n) is 5.06. The summed E-state index contributed by atoms with van der Waals surface area (Å²) in [6.07, 6.45) is 2.32. The van der Waals surface area contributed by atoms with E-state index >= 15 is 0 Å². The Morgan fingerprint density at radius 3 is 2.11 bits per heavy atom. The van der Waals surface area contributed by atoms with E-state index in [0.29, 0.717) is 36.3 Å². The van der Waals surface area contributed by atoms with E-state index in [1.165, 1.54) is 6.42 Å². The third-order valence-electron chi connectivity index (χ3n) is 7.26. The van der Waals surface area contributed by atoms with Gasteiger partial charge in [-0.05, 0) is 66.9 Å². The summed E-state index contributed by atoms with van der Waals surface area (Å²) in [5, 5.41) is 0.268. The zero-order valence-corrected chi connectivity index (χ0v) is 22.6. The summed E-state index contributed by atoms with van der Waals surface area (Å²) in [5.41, 5.74) is 2.34. The van der Waals surface area contributed by atoms with Gasteiger partial charge in [0.05, 0.1) is 24.8 Å². The minimum atomic E-state index is -0.0717. The number of benzene rings is 3. The van der Waals surface area contributed by atoms with Crippen molar-refractivity contribution in [3.63, 3.8) is 0 Å². The second-order valence-electron chi connectivity index (χ2n) is 9.61. The topological polar surface area (TPSA) is 60.5 Å². The van der Waals surface area contributed by atoms with Gasteiger partial charge < -0.3 is 23.8 Å². The first kappa shape index (κ1) is 26.2. The SMILES string of the molecule is COc1ccc(COc2ccc(C(=O)N3CCN4CCC[C@@H]4C3)c(Cl)c2OCc2ccc(OC)cc2)cc1. The quantitative estimate of drug-likeness (QED) is 0.363. The maximum atomic E-state index is 13.6. The molecule has 0 N–H and O–H groups in total. The summed E-state index contributed by atoms with van der Waals surface area (Å²) in [4.78, 5) is 18.0. The van der Waals surface area contributed by atoms with Crippen LogP contribution in [0.5, 0.6) is 23.0 Å². The monoisotopic (exact) mass is 536 g/mol. The molecule has 2 heterocycles. The first-order valence-electron chi connectivity index (χ1n) is 12.9. The van der Waals surface area contributed by atoms with E-state index in [2.05, 4.69) is 4.90 Å². The third-order valence-corrected chi connectivity index (χ3v) is 7.64. The highest BCUT2D eigenvalue weighted by Gasteiger charge is 2.34. The lowest BCUT2D eigenvalue weighted by molar-refractivity contribution is 0.0571. The molecule has 0 bridgehead atoms. The lowest BCUT2D eigenvalue weighted by atomic mass is 10.1. The van der Waals surface area contributed by atoms with Crippen molar-refractivity contribution in [2.45, 2.75) is 32.1 Å². The first-order chi connectivity index (χ1) is 18.6. The predicted octanol–water partition coefficient (Wildman–Crippen LogP) is 5.44. The lowest BCUT2D eigenvalue weighted by Crippen LogP contribution is -2.52. The molecule has 2 aliphatic heterocycles. The van der Waals surface area contributed by atoms with E-state index in [0.717, 1.165) is 48.7 Å². The van der Waals surface area contributed by atoms with Crippen LogP contribution < -0.4 is 18.9 Å². The van der Waals surface area contributed by atoms with Gasteiger partial charge in [-0.3, -0.25) is 9.69 Å². The molecule has 0 aromatic heterocycles. The Kier molecular flexibility index (Phi) is 8.25. The molecule has 0 saturated carbocycles. The van der Waals surface area contributed by atoms with E-state index in [1.54, 1.807) is 26.4 Å². The highest BCUT2D eigenvalue weighted by atomic mass is 35.5. The van der Waals surface area contributed by atoms with Crippen molar-refractivity contribution in [3.05, 3.63) is 82.4 Å². The summed E-state index contributed by atoms with van der Waals surface area (Å²) < 4.78 is 22.8. The Hall–Kier alpha value is -3.42. The van der Waals surface area contributed by atoms with Crippen LogP contribution in [0.15, 0.2) is 60.7 Å². The van der Waals surface area contributed by atoms with Crippen molar-refractivity contribution in [3.8, 4) is 23.0 Å². The van der Waals surface area contributed by atoms with E-state index < -0.39 is 0 Å². The molecule has 0 unspecified atom stereocenters. The van der Waals surface area contributed by atoms with Gasteiger partial charge in [0.15, 0.2) is 11.5 Å². The number of amides is 1. The van der Waals surface area contributed by atoms with Crippen LogP contribution in [-0.2, 0) is 13.2 Å². The first-order valence-corrected chi connectivity index (χ1v) is 13.3. The standard InChI is InChI=1S/C30H33ClN2O5/c1-35-24-9-5-21(6-10-24)19-37-27-14-13-26(30(34)33-17-16-32-15-3-4-23(32)18-33)28(31)29(27)38-20-22-7-11-25(36-2)12-8-22/h5-14,23H,3-4,15-20H2,1-2H3/t23-/m1/s1. The normalized spacial score (nSPS) is 17.1. The number of hydrogen-bond acceptors (Lipinski definition) is 6. The van der Waals surface area contributed by atoms with Crippen LogP contribution in [0.3, 0.4) is 0 Å². The minimum Gasteiger partial charge on any atom is -0.497 e. The van der Waals surface area contributed by atoms with Crippen molar-refractivity contribution in [2.24, 2.45) is 0 Å². The molecule has 3 aromatic rings. The van der Waals surface area contributed by atoms with Crippen LogP contribution in [0.1, 0.15) is 34.3 Å². The van der Waals surface area contributed by atoms with E-state index in [9.17, 15) is 4.79 Å². The number of piperazine rings is 1. The van der Waals surface area contributed by atoms with Gasteiger partial charge in [0.1, 0.15) is 24.7 Å². The molecule has 8 heteroatoms. The molecule has 200 valence electrons. The van der Waals surface area contributed by atoms with Crippen LogP contribution in [0, 0.1) is 0 Å². The van der Waals surface area contributed by atoms with Gasteiger partial charge in [-0.1, -0.05) is 35.9 Å². The molecule has 0 spiro atoms. The summed E-state index contributed by atoms with van der Waals surface area (Å²) >= 11 is 6.88. The largest absolute Gasteiger partial charge is 0.497 e. The maximum absolute atomic E-state index is 13.6. The molecule has 1 amide bonds. The average Bonchev–Trinajstić information content (AvgIpc) is 3.44. The molecule has 5 rings (SSSR count). The van der Waals surface area contributed by atoms with Gasteiger partial charge in [0.25, 0.3) is 5.91 Å². The van der Waals surface area contributed by atoms with Gasteiger partial charge in [-0.15, -0.1) is 0 Å². The van der Waals surface area contributed by atoms with Crippen LogP contribution in [-0.4, -0.2) is 62.1 Å². The van der Waals surface area contributed by atoms with Gasteiger partial charge in [0.2, 0.25) is 0 Å². The van der Waals surface area contributed by atoms with Crippen molar-refractivity contribution >= 4 is 17.5 Å². The molecule has 38 heavy (non-hydrogen) atoms. The number of carbonyl (C=O) groups excluding carboxylic acids is 1. The molecule has 0 aliphatic carbocycles. The second kappa shape index (κ2) is 12.0. The second-order valence-corrected chi connectivity index (χ2v) is 9.99. The number of hydrogen-bond donors (Lipinski definition) is 0. The van der Waals surface area contributed by atoms with E-state index in [4.69, 9.17) is 30.5 Å². The molecule has 2 saturated heterocycles. The zero-order valence-electron chi connectivity index (χ0n) is 21.8. The average molecular weight is 537 g/mol. The van der Waals surface area contributed by atoms with Gasteiger partial charge >= 0.3 is 0 Å². The smallest absolute Gasteiger partial charge is 0.255 e. The maximum Gasteiger partial charge on any atom is 0.255 e. The molecule has 2 aliphatic rings. The van der Waals surface area contributed by atoms with Crippen LogP contribution in [0.4, 0.5) is 0 Å². The Labute approximate surface area is 228 Å². The van der Waals surface area contributed by atoms with Gasteiger partial charge in [-0.25, -0.2) is 0 Å². The van der Waals surface area contributed by atoms with Crippen LogP contribution >= 0.6 is 11.6 Å². The lowest BCUT2D eigenvalue weighted by Gasteiger charge is -2.37. The highest BCUT2D eigenvalue weighted by molar-refractivity contribution is 6.35. The van der Waals surface area contributed by atoms with Crippen LogP contribution in [0.25, 0.3) is 0 Å². The molecule has 2 fully saturated rings. The summed E-state index contributed by atoms with van der Waals surface area (Å²) in [6, 6.07) is 19.2. The number of nitrogens with zero attached hydrogens (tertiary/aromatic N) is 2. The van der Waals surface area contributed by atoms with Gasteiger partial charge in [0, 0.05) is 25.7 Å². The molecular weight excluding hydrogens is 504 g/mol. The zero-order chi connectivity index (χ0) is 26.5. The summed E-state index contributed by atoms with van der Waals surface area (Å²) in [7, 11) is 3.27. The fraction of sp³-hybridized carbons (Fsp3) is 0.367. The predicted molar refractivity (Wildman–Crippen MR) is 147 cm³/mol. The molecule has 1 atom stereocenters. The number of fused-ring (bicyclic) bond motifs is 1. The van der Waals surface area contributed by atoms with Crippen molar-refractivity contribution in [2.75, 3.05) is 40.4 Å². The number of carbonyl (C=O) groups is 1. The van der Waals surface area contributed by atoms with Crippen molar-refractivity contribution < 1.29 is 23.7 Å². The molecule has 7 nitrogen and oxygen atoms in total. The number of methoxy groups -OCH3 is 2. The molecule has 3 aromatic carbocycles. The van der Waals surface area contributed by atoms with Crippen molar-refractivity contribution in [1.29, 1.82) is 0 Å². The third kappa shape index (κ3) is 5.84. The molecular formula is C30H33ClN2O5. The van der Waals surface area contributed by atoms with Crippen LogP contribution in [0.2, 0.25) is 5.02 Å². The van der Waals surface area contributed by atoms with E-state index in [-0.39, 0.29) is 17.5 Å².